The van der Waals surface area contributed by atoms with Crippen molar-refractivity contribution in [2.75, 3.05) is 13.2 Å². The first-order valence-corrected chi connectivity index (χ1v) is 35.1. The largest absolute Gasteiger partial charge is 0.462 e. The van der Waals surface area contributed by atoms with Crippen LogP contribution in [0.25, 0.3) is 0 Å². The van der Waals surface area contributed by atoms with Gasteiger partial charge in [-0.05, 0) is 77.0 Å². The zero-order valence-electron chi connectivity index (χ0n) is 53.2. The predicted octanol–water partition coefficient (Wildman–Crippen LogP) is 24.1. The van der Waals surface area contributed by atoms with Crippen LogP contribution < -0.4 is 0 Å². The summed E-state index contributed by atoms with van der Waals surface area (Å²) in [5.41, 5.74) is 0. The van der Waals surface area contributed by atoms with Gasteiger partial charge < -0.3 is 14.2 Å². The molecule has 0 rings (SSSR count). The molecule has 0 saturated carbocycles. The summed E-state index contributed by atoms with van der Waals surface area (Å²) < 4.78 is 17.0. The van der Waals surface area contributed by atoms with Crippen molar-refractivity contribution in [3.05, 3.63) is 48.6 Å². The van der Waals surface area contributed by atoms with E-state index in [-0.39, 0.29) is 31.1 Å². The van der Waals surface area contributed by atoms with Gasteiger partial charge in [0.05, 0.1) is 0 Å². The van der Waals surface area contributed by atoms with Gasteiger partial charge in [-0.25, -0.2) is 0 Å². The average molecular weight is 1110 g/mol. The van der Waals surface area contributed by atoms with Gasteiger partial charge in [-0.3, -0.25) is 14.4 Å². The molecule has 6 nitrogen and oxygen atoms in total. The van der Waals surface area contributed by atoms with E-state index in [0.29, 0.717) is 19.3 Å². The zero-order valence-corrected chi connectivity index (χ0v) is 53.2. The summed E-state index contributed by atoms with van der Waals surface area (Å²) >= 11 is 0. The van der Waals surface area contributed by atoms with Gasteiger partial charge in [0.1, 0.15) is 13.2 Å². The predicted molar refractivity (Wildman–Crippen MR) is 344 cm³/mol. The van der Waals surface area contributed by atoms with Gasteiger partial charge in [0, 0.05) is 19.3 Å². The molecule has 0 aromatic heterocycles. The van der Waals surface area contributed by atoms with Crippen LogP contribution in [0.1, 0.15) is 380 Å². The maximum absolute atomic E-state index is 12.9. The van der Waals surface area contributed by atoms with Crippen molar-refractivity contribution in [1.82, 2.24) is 0 Å². The average Bonchev–Trinajstić information content (AvgIpc) is 3.45. The van der Waals surface area contributed by atoms with E-state index in [0.717, 1.165) is 89.9 Å². The molecule has 79 heavy (non-hydrogen) atoms. The summed E-state index contributed by atoms with van der Waals surface area (Å²) in [5, 5.41) is 0. The third-order valence-electron chi connectivity index (χ3n) is 15.8. The summed E-state index contributed by atoms with van der Waals surface area (Å²) in [6.45, 7) is 6.60. The molecule has 6 heteroatoms. The quantitative estimate of drug-likeness (QED) is 0.0261. The summed E-state index contributed by atoms with van der Waals surface area (Å²) in [7, 11) is 0. The van der Waals surface area contributed by atoms with Gasteiger partial charge in [-0.2, -0.15) is 0 Å². The third kappa shape index (κ3) is 66.1. The number of hydrogen-bond donors (Lipinski definition) is 0. The van der Waals surface area contributed by atoms with Crippen LogP contribution in [0, 0.1) is 0 Å². The molecule has 0 aliphatic heterocycles. The highest BCUT2D eigenvalue weighted by Crippen LogP contribution is 2.18. The van der Waals surface area contributed by atoms with Crippen LogP contribution in [0.15, 0.2) is 48.6 Å². The van der Waals surface area contributed by atoms with E-state index in [4.69, 9.17) is 14.2 Å². The van der Waals surface area contributed by atoms with E-state index in [1.807, 2.05) is 0 Å². The van der Waals surface area contributed by atoms with Crippen molar-refractivity contribution >= 4 is 17.9 Å². The van der Waals surface area contributed by atoms with Crippen LogP contribution in [-0.4, -0.2) is 37.2 Å². The second-order valence-corrected chi connectivity index (χ2v) is 23.8. The van der Waals surface area contributed by atoms with Gasteiger partial charge in [0.2, 0.25) is 0 Å². The molecule has 0 aromatic carbocycles. The Kier molecular flexibility index (Phi) is 65.6. The third-order valence-corrected chi connectivity index (χ3v) is 15.8. The van der Waals surface area contributed by atoms with Crippen LogP contribution in [0.5, 0.6) is 0 Å². The van der Waals surface area contributed by atoms with E-state index in [9.17, 15) is 14.4 Å². The van der Waals surface area contributed by atoms with Crippen molar-refractivity contribution in [3.63, 3.8) is 0 Å². The molecule has 1 atom stereocenters. The van der Waals surface area contributed by atoms with Crippen LogP contribution in [0.3, 0.4) is 0 Å². The molecule has 0 saturated heterocycles. The fraction of sp³-hybridized carbons (Fsp3) is 0.849. The molecule has 0 bridgehead atoms. The molecular weight excluding hydrogens is 973 g/mol. The SMILES string of the molecule is CCC/C=C\C/C=C\CCCCCCCC(=O)OCC(COC(=O)CCCCCCCCCCCCCCCCCCCCCCCCCCCCCCC)OC(=O)CCCCCCCCCCC/C=C\C/C=C\CCCCC. The lowest BCUT2D eigenvalue weighted by Gasteiger charge is -2.18. The van der Waals surface area contributed by atoms with Gasteiger partial charge in [0.15, 0.2) is 6.10 Å². The molecule has 462 valence electrons. The normalized spacial score (nSPS) is 12.3. The first-order chi connectivity index (χ1) is 39.0. The van der Waals surface area contributed by atoms with Crippen LogP contribution in [-0.2, 0) is 28.6 Å². The Morgan fingerprint density at radius 2 is 0.481 bits per heavy atom. The summed E-state index contributed by atoms with van der Waals surface area (Å²) in [5.74, 6) is -0.872. The molecule has 0 radical (unpaired) electrons. The monoisotopic (exact) mass is 1110 g/mol. The number of unbranched alkanes of at least 4 members (excludes halogenated alkanes) is 46. The first kappa shape index (κ1) is 76.4. The molecule has 0 fully saturated rings. The molecule has 0 amide bonds. The van der Waals surface area contributed by atoms with E-state index in [2.05, 4.69) is 69.4 Å². The number of rotatable bonds is 65. The number of allylic oxidation sites excluding steroid dienone is 8. The fourth-order valence-corrected chi connectivity index (χ4v) is 10.5. The Morgan fingerprint density at radius 3 is 0.772 bits per heavy atom. The lowest BCUT2D eigenvalue weighted by molar-refractivity contribution is -0.167. The second-order valence-electron chi connectivity index (χ2n) is 23.8. The Hall–Kier alpha value is -2.63. The van der Waals surface area contributed by atoms with Crippen molar-refractivity contribution in [2.24, 2.45) is 0 Å². The van der Waals surface area contributed by atoms with E-state index < -0.39 is 6.10 Å². The molecule has 0 N–H and O–H groups in total. The number of esters is 3. The van der Waals surface area contributed by atoms with Gasteiger partial charge >= 0.3 is 17.9 Å². The number of ether oxygens (including phenoxy) is 3. The molecule has 0 aromatic rings. The van der Waals surface area contributed by atoms with Crippen LogP contribution in [0.4, 0.5) is 0 Å². The molecule has 1 unspecified atom stereocenters. The smallest absolute Gasteiger partial charge is 0.306 e. The Morgan fingerprint density at radius 1 is 0.253 bits per heavy atom. The molecular formula is C73H134O6. The maximum atomic E-state index is 12.9. The first-order valence-electron chi connectivity index (χ1n) is 35.1. The Labute approximate surface area is 492 Å². The van der Waals surface area contributed by atoms with Crippen molar-refractivity contribution in [3.8, 4) is 0 Å². The number of hydrogen-bond acceptors (Lipinski definition) is 6. The van der Waals surface area contributed by atoms with Gasteiger partial charge in [-0.15, -0.1) is 0 Å². The number of carbonyl (C=O) groups excluding carboxylic acids is 3. The van der Waals surface area contributed by atoms with Crippen molar-refractivity contribution in [2.45, 2.75) is 386 Å². The lowest BCUT2D eigenvalue weighted by atomic mass is 10.0. The molecule has 0 spiro atoms. The van der Waals surface area contributed by atoms with Crippen LogP contribution in [0.2, 0.25) is 0 Å². The highest BCUT2D eigenvalue weighted by atomic mass is 16.6. The second kappa shape index (κ2) is 67.9. The highest BCUT2D eigenvalue weighted by molar-refractivity contribution is 5.71. The van der Waals surface area contributed by atoms with Crippen molar-refractivity contribution < 1.29 is 28.6 Å². The molecule has 0 aliphatic carbocycles. The molecule has 0 heterocycles. The minimum Gasteiger partial charge on any atom is -0.462 e. The van der Waals surface area contributed by atoms with E-state index >= 15 is 0 Å². The highest BCUT2D eigenvalue weighted by Gasteiger charge is 2.19. The fourth-order valence-electron chi connectivity index (χ4n) is 10.5. The summed E-state index contributed by atoms with van der Waals surface area (Å²) in [6.07, 6.45) is 85.8. The molecule has 0 aliphatic rings. The summed E-state index contributed by atoms with van der Waals surface area (Å²) in [4.78, 5) is 38.4. The minimum atomic E-state index is -0.781. The van der Waals surface area contributed by atoms with Crippen molar-refractivity contribution in [1.29, 1.82) is 0 Å². The van der Waals surface area contributed by atoms with Crippen LogP contribution >= 0.6 is 0 Å². The Bertz CT molecular complexity index is 1360. The van der Waals surface area contributed by atoms with Gasteiger partial charge in [-0.1, -0.05) is 333 Å². The van der Waals surface area contributed by atoms with Gasteiger partial charge in [0.25, 0.3) is 0 Å². The minimum absolute atomic E-state index is 0.0757. The topological polar surface area (TPSA) is 78.9 Å². The number of carbonyl (C=O) groups is 3. The standard InChI is InChI=1S/C73H134O6/c1-4-7-10-13-16-19-22-25-27-29-31-32-33-34-35-36-37-38-39-40-42-43-45-48-51-54-57-60-63-66-72(75)78-69-70(68-77-71(74)65-62-59-56-53-50-47-24-21-18-15-12-9-6-3)79-73(76)67-64-61-58-55-52-49-46-44-41-30-28-26-23-20-17-14-11-8-5-2/h12,15,17,20-21,24,26,28,70H,4-11,13-14,16,18-19,22-23,25,27,29-69H2,1-3H3/b15-12-,20-17-,24-21-,28-26-. The zero-order chi connectivity index (χ0) is 57.1. The maximum Gasteiger partial charge on any atom is 0.306 e. The summed E-state index contributed by atoms with van der Waals surface area (Å²) in [6, 6.07) is 0. The van der Waals surface area contributed by atoms with E-state index in [1.54, 1.807) is 0 Å². The van der Waals surface area contributed by atoms with E-state index in [1.165, 1.54) is 250 Å². The Balaban J connectivity index is 4.18. The lowest BCUT2D eigenvalue weighted by Crippen LogP contribution is -2.30.